The van der Waals surface area contributed by atoms with E-state index in [-0.39, 0.29) is 0 Å². The molecule has 0 N–H and O–H groups in total. The molecule has 0 radical (unpaired) electrons. The average molecular weight is 375 g/mol. The van der Waals surface area contributed by atoms with Crippen LogP contribution in [0.4, 0.5) is 5.82 Å². The van der Waals surface area contributed by atoms with Gasteiger partial charge in [0, 0.05) is 19.2 Å². The van der Waals surface area contributed by atoms with E-state index in [9.17, 15) is 0 Å². The SMILES string of the molecule is COc1cccc(CN(C)c2ccc3c(-c4ccccc4OC)noc3n2)c1. The highest BCUT2D eigenvalue weighted by molar-refractivity contribution is 5.92. The molecule has 28 heavy (non-hydrogen) atoms. The fourth-order valence-corrected chi connectivity index (χ4v) is 3.19. The molecule has 0 unspecified atom stereocenters. The third-order valence-electron chi connectivity index (χ3n) is 4.63. The minimum absolute atomic E-state index is 0.496. The lowest BCUT2D eigenvalue weighted by Crippen LogP contribution is -2.17. The van der Waals surface area contributed by atoms with Gasteiger partial charge in [-0.15, -0.1) is 0 Å². The highest BCUT2D eigenvalue weighted by Crippen LogP contribution is 2.34. The Morgan fingerprint density at radius 2 is 1.82 bits per heavy atom. The Morgan fingerprint density at radius 1 is 0.964 bits per heavy atom. The van der Waals surface area contributed by atoms with Crippen LogP contribution < -0.4 is 14.4 Å². The number of benzene rings is 2. The Labute approximate surface area is 163 Å². The summed E-state index contributed by atoms with van der Waals surface area (Å²) in [6.07, 6.45) is 0. The smallest absolute Gasteiger partial charge is 0.260 e. The number of methoxy groups -OCH3 is 2. The van der Waals surface area contributed by atoms with Gasteiger partial charge in [0.15, 0.2) is 0 Å². The fraction of sp³-hybridized carbons (Fsp3) is 0.182. The van der Waals surface area contributed by atoms with Crippen molar-refractivity contribution in [2.24, 2.45) is 0 Å². The van der Waals surface area contributed by atoms with Crippen molar-refractivity contribution in [2.75, 3.05) is 26.2 Å². The standard InChI is InChI=1S/C22H21N3O3/c1-25(14-15-7-6-8-16(13-15)26-2)20-12-11-18-21(24-28-22(18)23-20)17-9-4-5-10-19(17)27-3/h4-13H,14H2,1-3H3. The molecule has 0 aliphatic carbocycles. The van der Waals surface area contributed by atoms with Gasteiger partial charge in [0.2, 0.25) is 0 Å². The predicted octanol–water partition coefficient (Wildman–Crippen LogP) is 4.54. The number of aromatic nitrogens is 2. The molecule has 0 bridgehead atoms. The van der Waals surface area contributed by atoms with Crippen LogP contribution in [0.1, 0.15) is 5.56 Å². The van der Waals surface area contributed by atoms with Gasteiger partial charge in [0.1, 0.15) is 23.0 Å². The predicted molar refractivity (Wildman–Crippen MR) is 109 cm³/mol. The summed E-state index contributed by atoms with van der Waals surface area (Å²) in [6.45, 7) is 0.698. The van der Waals surface area contributed by atoms with Gasteiger partial charge in [-0.05, 0) is 42.0 Å². The molecule has 2 aromatic carbocycles. The van der Waals surface area contributed by atoms with Gasteiger partial charge in [0.05, 0.1) is 19.6 Å². The van der Waals surface area contributed by atoms with Gasteiger partial charge in [0.25, 0.3) is 5.71 Å². The van der Waals surface area contributed by atoms with Crippen LogP contribution in [0.15, 0.2) is 65.2 Å². The normalized spacial score (nSPS) is 10.8. The maximum Gasteiger partial charge on any atom is 0.260 e. The van der Waals surface area contributed by atoms with Crippen molar-refractivity contribution >= 4 is 16.9 Å². The van der Waals surface area contributed by atoms with Gasteiger partial charge >= 0.3 is 0 Å². The summed E-state index contributed by atoms with van der Waals surface area (Å²) in [6, 6.07) is 19.7. The van der Waals surface area contributed by atoms with E-state index in [1.54, 1.807) is 14.2 Å². The Balaban J connectivity index is 1.63. The lowest BCUT2D eigenvalue weighted by molar-refractivity contribution is 0.414. The molecule has 142 valence electrons. The summed E-state index contributed by atoms with van der Waals surface area (Å²) in [5.41, 5.74) is 3.23. The molecule has 4 aromatic rings. The molecule has 0 saturated carbocycles. The van der Waals surface area contributed by atoms with E-state index in [0.717, 1.165) is 39.5 Å². The van der Waals surface area contributed by atoms with Crippen LogP contribution in [0, 0.1) is 0 Å². The molecule has 6 nitrogen and oxygen atoms in total. The molecule has 0 spiro atoms. The second-order valence-electron chi connectivity index (χ2n) is 6.46. The highest BCUT2D eigenvalue weighted by Gasteiger charge is 2.16. The zero-order chi connectivity index (χ0) is 19.5. The van der Waals surface area contributed by atoms with Crippen LogP contribution >= 0.6 is 0 Å². The third-order valence-corrected chi connectivity index (χ3v) is 4.63. The largest absolute Gasteiger partial charge is 0.497 e. The number of pyridine rings is 1. The number of ether oxygens (including phenoxy) is 2. The van der Waals surface area contributed by atoms with Crippen LogP contribution in [0.5, 0.6) is 11.5 Å². The van der Waals surface area contributed by atoms with Crippen molar-refractivity contribution < 1.29 is 14.0 Å². The average Bonchev–Trinajstić information content (AvgIpc) is 3.16. The van der Waals surface area contributed by atoms with Crippen molar-refractivity contribution in [1.82, 2.24) is 10.1 Å². The first-order valence-electron chi connectivity index (χ1n) is 8.93. The van der Waals surface area contributed by atoms with E-state index >= 15 is 0 Å². The van der Waals surface area contributed by atoms with Gasteiger partial charge in [-0.2, -0.15) is 4.98 Å². The van der Waals surface area contributed by atoms with E-state index in [1.807, 2.05) is 61.6 Å². The van der Waals surface area contributed by atoms with Crippen LogP contribution in [-0.4, -0.2) is 31.4 Å². The Hall–Kier alpha value is -3.54. The fourth-order valence-electron chi connectivity index (χ4n) is 3.19. The number of hydrogen-bond acceptors (Lipinski definition) is 6. The Bertz CT molecular complexity index is 1110. The lowest BCUT2D eigenvalue weighted by atomic mass is 10.1. The molecule has 0 fully saturated rings. The first kappa shape index (κ1) is 17.9. The number of para-hydroxylation sites is 1. The molecule has 2 heterocycles. The molecular formula is C22H21N3O3. The van der Waals surface area contributed by atoms with Crippen LogP contribution in [0.25, 0.3) is 22.4 Å². The zero-order valence-electron chi connectivity index (χ0n) is 16.0. The van der Waals surface area contributed by atoms with Gasteiger partial charge in [-0.1, -0.05) is 29.4 Å². The summed E-state index contributed by atoms with van der Waals surface area (Å²) in [7, 11) is 5.30. The van der Waals surface area contributed by atoms with E-state index < -0.39 is 0 Å². The molecular weight excluding hydrogens is 354 g/mol. The lowest BCUT2D eigenvalue weighted by Gasteiger charge is -2.18. The molecule has 0 aliphatic rings. The van der Waals surface area contributed by atoms with Crippen molar-refractivity contribution in [2.45, 2.75) is 6.54 Å². The number of fused-ring (bicyclic) bond motifs is 1. The second-order valence-corrected chi connectivity index (χ2v) is 6.46. The van der Waals surface area contributed by atoms with Crippen LogP contribution in [0.2, 0.25) is 0 Å². The zero-order valence-corrected chi connectivity index (χ0v) is 16.0. The summed E-state index contributed by atoms with van der Waals surface area (Å²) >= 11 is 0. The first-order chi connectivity index (χ1) is 13.7. The van der Waals surface area contributed by atoms with Crippen LogP contribution in [0.3, 0.4) is 0 Å². The molecule has 0 atom stereocenters. The molecule has 2 aromatic heterocycles. The monoisotopic (exact) mass is 375 g/mol. The van der Waals surface area contributed by atoms with Crippen LogP contribution in [-0.2, 0) is 6.54 Å². The molecule has 0 amide bonds. The van der Waals surface area contributed by atoms with E-state index in [2.05, 4.69) is 21.1 Å². The van der Waals surface area contributed by atoms with Gasteiger partial charge < -0.3 is 18.9 Å². The number of hydrogen-bond donors (Lipinski definition) is 0. The minimum atomic E-state index is 0.496. The highest BCUT2D eigenvalue weighted by atomic mass is 16.5. The maximum absolute atomic E-state index is 5.52. The van der Waals surface area contributed by atoms with E-state index in [4.69, 9.17) is 14.0 Å². The quantitative estimate of drug-likeness (QED) is 0.493. The van der Waals surface area contributed by atoms with E-state index in [1.165, 1.54) is 0 Å². The Morgan fingerprint density at radius 3 is 2.64 bits per heavy atom. The minimum Gasteiger partial charge on any atom is -0.497 e. The number of rotatable bonds is 6. The third kappa shape index (κ3) is 3.36. The molecule has 0 saturated heterocycles. The van der Waals surface area contributed by atoms with Crippen molar-refractivity contribution in [1.29, 1.82) is 0 Å². The Kier molecular flexibility index (Phi) is 4.85. The molecule has 0 aliphatic heterocycles. The molecule has 6 heteroatoms. The second kappa shape index (κ2) is 7.60. The first-order valence-corrected chi connectivity index (χ1v) is 8.93. The van der Waals surface area contributed by atoms with Crippen molar-refractivity contribution in [3.05, 3.63) is 66.2 Å². The van der Waals surface area contributed by atoms with E-state index in [0.29, 0.717) is 12.3 Å². The summed E-state index contributed by atoms with van der Waals surface area (Å²) in [5, 5.41) is 5.08. The van der Waals surface area contributed by atoms with Gasteiger partial charge in [-0.3, -0.25) is 0 Å². The topological polar surface area (TPSA) is 60.6 Å². The van der Waals surface area contributed by atoms with Crippen molar-refractivity contribution in [3.8, 4) is 22.8 Å². The van der Waals surface area contributed by atoms with Gasteiger partial charge in [-0.25, -0.2) is 0 Å². The summed E-state index contributed by atoms with van der Waals surface area (Å²) in [4.78, 5) is 6.70. The summed E-state index contributed by atoms with van der Waals surface area (Å²) in [5.74, 6) is 2.39. The summed E-state index contributed by atoms with van der Waals surface area (Å²) < 4.78 is 16.3. The van der Waals surface area contributed by atoms with Crippen molar-refractivity contribution in [3.63, 3.8) is 0 Å². The molecule has 4 rings (SSSR count). The maximum atomic E-state index is 5.52. The number of anilines is 1. The number of nitrogens with zero attached hydrogens (tertiary/aromatic N) is 3.